The van der Waals surface area contributed by atoms with Gasteiger partial charge >= 0.3 is 0 Å². The van der Waals surface area contributed by atoms with Crippen molar-refractivity contribution in [2.45, 2.75) is 64.5 Å². The lowest BCUT2D eigenvalue weighted by Gasteiger charge is -2.21. The van der Waals surface area contributed by atoms with Gasteiger partial charge in [-0.25, -0.2) is 0 Å². The molecule has 1 saturated heterocycles. The molecule has 1 unspecified atom stereocenters. The van der Waals surface area contributed by atoms with E-state index in [0.717, 1.165) is 12.8 Å². The van der Waals surface area contributed by atoms with E-state index in [0.29, 0.717) is 16.4 Å². The monoisotopic (exact) mass is 274 g/mol. The first-order valence-electron chi connectivity index (χ1n) is 6.78. The Morgan fingerprint density at radius 1 is 1.29 bits per heavy atom. The summed E-state index contributed by atoms with van der Waals surface area (Å²) >= 11 is 0. The molecular weight excluding hydrogens is 248 g/mol. The predicted octanol–water partition coefficient (Wildman–Crippen LogP) is 4.95. The topological polar surface area (TPSA) is 17.1 Å². The molecule has 2 atom stereocenters. The first-order chi connectivity index (χ1) is 7.94. The van der Waals surface area contributed by atoms with Gasteiger partial charge in [-0.2, -0.15) is 0 Å². The first kappa shape index (κ1) is 15.4. The second kappa shape index (κ2) is 7.08. The molecule has 0 aromatic heterocycles. The molecule has 0 saturated carbocycles. The molecule has 1 nitrogen and oxygen atoms in total. The van der Waals surface area contributed by atoms with E-state index < -0.39 is 0 Å². The molecule has 1 fully saturated rings. The van der Waals surface area contributed by atoms with E-state index in [1.165, 1.54) is 25.0 Å². The SMILES string of the molecule is CC(C)C(C)C(=O)CCCC[C@]1(C)CCSS1. The molecule has 0 aromatic rings. The summed E-state index contributed by atoms with van der Waals surface area (Å²) < 4.78 is 0.484. The van der Waals surface area contributed by atoms with Crippen LogP contribution in [0.15, 0.2) is 0 Å². The van der Waals surface area contributed by atoms with Crippen LogP contribution in [0.4, 0.5) is 0 Å². The Labute approximate surface area is 114 Å². The van der Waals surface area contributed by atoms with Gasteiger partial charge in [-0.15, -0.1) is 0 Å². The highest BCUT2D eigenvalue weighted by Gasteiger charge is 2.29. The number of ketones is 1. The normalized spacial score (nSPS) is 26.4. The van der Waals surface area contributed by atoms with Gasteiger partial charge in [-0.05, 0) is 32.1 Å². The van der Waals surface area contributed by atoms with Crippen molar-refractivity contribution in [2.75, 3.05) is 5.75 Å². The van der Waals surface area contributed by atoms with Gasteiger partial charge in [0, 0.05) is 22.8 Å². The zero-order chi connectivity index (χ0) is 12.9. The number of Topliss-reactive ketones (excluding diaryl/α,β-unsaturated/α-hetero) is 1. The second-order valence-corrected chi connectivity index (χ2v) is 8.81. The standard InChI is InChI=1S/C14H26OS2/c1-11(2)12(3)13(15)7-5-6-8-14(4)9-10-16-17-14/h11-12H,5-10H2,1-4H3/t12?,14-/m1/s1. The third kappa shape index (κ3) is 5.25. The van der Waals surface area contributed by atoms with E-state index in [-0.39, 0.29) is 5.92 Å². The molecule has 1 rings (SSSR count). The minimum atomic E-state index is 0.238. The first-order valence-corrected chi connectivity index (χ1v) is 9.10. The van der Waals surface area contributed by atoms with Crippen molar-refractivity contribution in [3.05, 3.63) is 0 Å². The van der Waals surface area contributed by atoms with Gasteiger partial charge in [0.2, 0.25) is 0 Å². The Morgan fingerprint density at radius 3 is 2.53 bits per heavy atom. The van der Waals surface area contributed by atoms with Crippen LogP contribution in [0.5, 0.6) is 0 Å². The van der Waals surface area contributed by atoms with E-state index in [2.05, 4.69) is 27.7 Å². The average molecular weight is 274 g/mol. The average Bonchev–Trinajstić information content (AvgIpc) is 2.70. The number of carbonyl (C=O) groups is 1. The third-order valence-corrected chi connectivity index (χ3v) is 7.22. The van der Waals surface area contributed by atoms with E-state index in [4.69, 9.17) is 0 Å². The molecule has 0 N–H and O–H groups in total. The van der Waals surface area contributed by atoms with E-state index in [1.54, 1.807) is 0 Å². The fraction of sp³-hybridized carbons (Fsp3) is 0.929. The Morgan fingerprint density at radius 2 is 2.00 bits per heavy atom. The van der Waals surface area contributed by atoms with Crippen LogP contribution in [0.25, 0.3) is 0 Å². The summed E-state index contributed by atoms with van der Waals surface area (Å²) in [5.41, 5.74) is 0. The summed E-state index contributed by atoms with van der Waals surface area (Å²) in [6.07, 6.45) is 5.68. The lowest BCUT2D eigenvalue weighted by Crippen LogP contribution is -2.18. The molecule has 1 aliphatic heterocycles. The van der Waals surface area contributed by atoms with Crippen LogP contribution in [-0.2, 0) is 4.79 Å². The maximum absolute atomic E-state index is 11.9. The van der Waals surface area contributed by atoms with Gasteiger partial charge in [0.1, 0.15) is 5.78 Å². The lowest BCUT2D eigenvalue weighted by atomic mass is 9.90. The van der Waals surface area contributed by atoms with E-state index in [1.807, 2.05) is 21.6 Å². The van der Waals surface area contributed by atoms with Crippen molar-refractivity contribution in [2.24, 2.45) is 11.8 Å². The fourth-order valence-corrected chi connectivity index (χ4v) is 5.34. The molecule has 0 amide bonds. The maximum atomic E-state index is 11.9. The van der Waals surface area contributed by atoms with Gasteiger partial charge in [0.15, 0.2) is 0 Å². The number of hydrogen-bond donors (Lipinski definition) is 0. The molecule has 0 aliphatic carbocycles. The summed E-state index contributed by atoms with van der Waals surface area (Å²) in [7, 11) is 4.05. The highest BCUT2D eigenvalue weighted by Crippen LogP contribution is 2.49. The fourth-order valence-electron chi connectivity index (χ4n) is 2.05. The molecule has 3 heteroatoms. The van der Waals surface area contributed by atoms with Crippen LogP contribution >= 0.6 is 21.6 Å². The maximum Gasteiger partial charge on any atom is 0.135 e. The highest BCUT2D eigenvalue weighted by atomic mass is 33.1. The third-order valence-electron chi connectivity index (χ3n) is 3.86. The van der Waals surface area contributed by atoms with E-state index in [9.17, 15) is 4.79 Å². The van der Waals surface area contributed by atoms with Crippen LogP contribution in [0.2, 0.25) is 0 Å². The number of rotatable bonds is 7. The van der Waals surface area contributed by atoms with Gasteiger partial charge in [0.05, 0.1) is 0 Å². The summed E-state index contributed by atoms with van der Waals surface area (Å²) in [6, 6.07) is 0. The van der Waals surface area contributed by atoms with E-state index >= 15 is 0 Å². The molecule has 1 heterocycles. The van der Waals surface area contributed by atoms with Crippen molar-refractivity contribution >= 4 is 27.4 Å². The van der Waals surface area contributed by atoms with Crippen molar-refractivity contribution in [3.8, 4) is 0 Å². The molecular formula is C14H26OS2. The minimum absolute atomic E-state index is 0.238. The summed E-state index contributed by atoms with van der Waals surface area (Å²) in [4.78, 5) is 11.9. The number of unbranched alkanes of at least 4 members (excludes halogenated alkanes) is 1. The molecule has 17 heavy (non-hydrogen) atoms. The van der Waals surface area contributed by atoms with Gasteiger partial charge in [-0.3, -0.25) is 4.79 Å². The number of hydrogen-bond acceptors (Lipinski definition) is 3. The van der Waals surface area contributed by atoms with Gasteiger partial charge in [0.25, 0.3) is 0 Å². The molecule has 0 bridgehead atoms. The van der Waals surface area contributed by atoms with Crippen LogP contribution < -0.4 is 0 Å². The van der Waals surface area contributed by atoms with Crippen molar-refractivity contribution in [3.63, 3.8) is 0 Å². The van der Waals surface area contributed by atoms with Gasteiger partial charge in [-0.1, -0.05) is 48.8 Å². The quantitative estimate of drug-likeness (QED) is 0.483. The van der Waals surface area contributed by atoms with Crippen LogP contribution in [-0.4, -0.2) is 16.3 Å². The smallest absolute Gasteiger partial charge is 0.135 e. The predicted molar refractivity (Wildman–Crippen MR) is 80.5 cm³/mol. The zero-order valence-corrected chi connectivity index (χ0v) is 13.3. The molecule has 0 aromatic carbocycles. The zero-order valence-electron chi connectivity index (χ0n) is 11.6. The summed E-state index contributed by atoms with van der Waals surface area (Å²) in [5, 5.41) is 0. The Balaban J connectivity index is 2.13. The lowest BCUT2D eigenvalue weighted by molar-refractivity contribution is -0.123. The molecule has 0 spiro atoms. The summed E-state index contributed by atoms with van der Waals surface area (Å²) in [5.74, 6) is 2.48. The van der Waals surface area contributed by atoms with Crippen molar-refractivity contribution in [1.29, 1.82) is 0 Å². The largest absolute Gasteiger partial charge is 0.299 e. The Bertz CT molecular complexity index is 245. The molecule has 1 aliphatic rings. The Hall–Kier alpha value is 0.370. The molecule has 0 radical (unpaired) electrons. The second-order valence-electron chi connectivity index (χ2n) is 5.81. The highest BCUT2D eigenvalue weighted by molar-refractivity contribution is 8.77. The van der Waals surface area contributed by atoms with Crippen LogP contribution in [0.3, 0.4) is 0 Å². The Kier molecular flexibility index (Phi) is 6.43. The van der Waals surface area contributed by atoms with Crippen molar-refractivity contribution in [1.82, 2.24) is 0 Å². The summed E-state index contributed by atoms with van der Waals surface area (Å²) in [6.45, 7) is 8.71. The van der Waals surface area contributed by atoms with Crippen molar-refractivity contribution < 1.29 is 4.79 Å². The molecule has 100 valence electrons. The number of carbonyl (C=O) groups excluding carboxylic acids is 1. The minimum Gasteiger partial charge on any atom is -0.299 e. The van der Waals surface area contributed by atoms with Crippen LogP contribution in [0, 0.1) is 11.8 Å². The van der Waals surface area contributed by atoms with Crippen LogP contribution in [0.1, 0.15) is 59.8 Å². The van der Waals surface area contributed by atoms with Gasteiger partial charge < -0.3 is 0 Å².